The van der Waals surface area contributed by atoms with Crippen molar-refractivity contribution >= 4 is 38.9 Å². The first-order valence-electron chi connectivity index (χ1n) is 4.69. The highest BCUT2D eigenvalue weighted by molar-refractivity contribution is 7.91. The van der Waals surface area contributed by atoms with E-state index in [1.807, 2.05) is 0 Å². The molecule has 1 aromatic carbocycles. The maximum absolute atomic E-state index is 11.7. The van der Waals surface area contributed by atoms with Gasteiger partial charge in [-0.3, -0.25) is 4.79 Å². The molecule has 0 aliphatic carbocycles. The van der Waals surface area contributed by atoms with E-state index in [9.17, 15) is 13.2 Å². The van der Waals surface area contributed by atoms with Gasteiger partial charge in [0.25, 0.3) is 0 Å². The van der Waals surface area contributed by atoms with Crippen LogP contribution in [-0.4, -0.2) is 27.1 Å². The lowest BCUT2D eigenvalue weighted by molar-refractivity contribution is -0.118. The van der Waals surface area contributed by atoms with E-state index >= 15 is 0 Å². The van der Waals surface area contributed by atoms with Crippen LogP contribution in [0.2, 0.25) is 10.0 Å². The molecular formula is C10H11Cl2NO3S. The largest absolute Gasteiger partial charge is 0.358 e. The normalized spacial score (nSPS) is 11.2. The number of carbonyl (C=O) groups is 1. The summed E-state index contributed by atoms with van der Waals surface area (Å²) in [5, 5.41) is 2.80. The first kappa shape index (κ1) is 14.3. The molecule has 0 atom stereocenters. The van der Waals surface area contributed by atoms with E-state index in [0.29, 0.717) is 5.56 Å². The minimum absolute atomic E-state index is 0.276. The second-order valence-corrected chi connectivity index (χ2v) is 6.28. The van der Waals surface area contributed by atoms with Crippen LogP contribution in [0, 0.1) is 0 Å². The fraction of sp³-hybridized carbons (Fsp3) is 0.300. The second kappa shape index (κ2) is 5.71. The van der Waals surface area contributed by atoms with Crippen molar-refractivity contribution in [1.29, 1.82) is 0 Å². The molecule has 0 saturated carbocycles. The van der Waals surface area contributed by atoms with Gasteiger partial charge in [-0.25, -0.2) is 8.42 Å². The standard InChI is InChI=1S/C10H11Cl2NO3S/c1-13-10(14)6-17(15,16)5-7-8(11)3-2-4-9(7)12/h2-4H,5-6H2,1H3,(H,13,14). The zero-order valence-electron chi connectivity index (χ0n) is 9.04. The van der Waals surface area contributed by atoms with E-state index < -0.39 is 21.5 Å². The first-order chi connectivity index (χ1) is 7.85. The third-order valence-corrected chi connectivity index (χ3v) is 4.19. The Bertz CT molecular complexity index is 508. The monoisotopic (exact) mass is 295 g/mol. The first-order valence-corrected chi connectivity index (χ1v) is 7.27. The zero-order chi connectivity index (χ0) is 13.1. The molecule has 94 valence electrons. The lowest BCUT2D eigenvalue weighted by Gasteiger charge is -2.07. The smallest absolute Gasteiger partial charge is 0.234 e. The summed E-state index contributed by atoms with van der Waals surface area (Å²) >= 11 is 11.7. The Morgan fingerprint density at radius 2 is 1.82 bits per heavy atom. The molecule has 0 spiro atoms. The van der Waals surface area contributed by atoms with Crippen molar-refractivity contribution in [3.8, 4) is 0 Å². The average Bonchev–Trinajstić information content (AvgIpc) is 2.23. The quantitative estimate of drug-likeness (QED) is 0.919. The van der Waals surface area contributed by atoms with Gasteiger partial charge in [-0.05, 0) is 12.1 Å². The number of rotatable bonds is 4. The average molecular weight is 296 g/mol. The van der Waals surface area contributed by atoms with Crippen LogP contribution in [-0.2, 0) is 20.4 Å². The highest BCUT2D eigenvalue weighted by Gasteiger charge is 2.19. The van der Waals surface area contributed by atoms with Crippen LogP contribution in [0.25, 0.3) is 0 Å². The zero-order valence-corrected chi connectivity index (χ0v) is 11.4. The third-order valence-electron chi connectivity index (χ3n) is 2.06. The molecule has 1 amide bonds. The molecule has 1 rings (SSSR count). The Hall–Kier alpha value is -0.780. The highest BCUT2D eigenvalue weighted by Crippen LogP contribution is 2.26. The lowest BCUT2D eigenvalue weighted by atomic mass is 10.2. The predicted octanol–water partition coefficient (Wildman–Crippen LogP) is 1.65. The molecule has 1 aromatic rings. The van der Waals surface area contributed by atoms with Gasteiger partial charge in [0.1, 0.15) is 5.75 Å². The van der Waals surface area contributed by atoms with Gasteiger partial charge in [-0.1, -0.05) is 29.3 Å². The van der Waals surface area contributed by atoms with Gasteiger partial charge in [0.15, 0.2) is 9.84 Å². The number of hydrogen-bond donors (Lipinski definition) is 1. The molecule has 0 unspecified atom stereocenters. The van der Waals surface area contributed by atoms with E-state index in [2.05, 4.69) is 5.32 Å². The van der Waals surface area contributed by atoms with Crippen molar-refractivity contribution in [1.82, 2.24) is 5.32 Å². The number of amides is 1. The van der Waals surface area contributed by atoms with E-state index in [0.717, 1.165) is 0 Å². The van der Waals surface area contributed by atoms with Crippen LogP contribution < -0.4 is 5.32 Å². The SMILES string of the molecule is CNC(=O)CS(=O)(=O)Cc1c(Cl)cccc1Cl. The van der Waals surface area contributed by atoms with Crippen molar-refractivity contribution in [2.24, 2.45) is 0 Å². The van der Waals surface area contributed by atoms with Crippen molar-refractivity contribution in [3.63, 3.8) is 0 Å². The molecule has 0 aromatic heterocycles. The van der Waals surface area contributed by atoms with Crippen molar-refractivity contribution in [2.75, 3.05) is 12.8 Å². The van der Waals surface area contributed by atoms with Crippen LogP contribution in [0.3, 0.4) is 0 Å². The second-order valence-electron chi connectivity index (χ2n) is 3.41. The van der Waals surface area contributed by atoms with Crippen molar-refractivity contribution in [3.05, 3.63) is 33.8 Å². The van der Waals surface area contributed by atoms with Gasteiger partial charge in [0.2, 0.25) is 5.91 Å². The minimum Gasteiger partial charge on any atom is -0.358 e. The number of halogens is 2. The minimum atomic E-state index is -3.57. The third kappa shape index (κ3) is 4.18. The van der Waals surface area contributed by atoms with E-state index in [4.69, 9.17) is 23.2 Å². The molecule has 0 saturated heterocycles. The summed E-state index contributed by atoms with van der Waals surface area (Å²) in [6.45, 7) is 0. The molecule has 0 radical (unpaired) electrons. The maximum Gasteiger partial charge on any atom is 0.234 e. The molecule has 17 heavy (non-hydrogen) atoms. The molecule has 0 bridgehead atoms. The summed E-state index contributed by atoms with van der Waals surface area (Å²) in [4.78, 5) is 11.0. The lowest BCUT2D eigenvalue weighted by Crippen LogP contribution is -2.27. The number of benzene rings is 1. The molecule has 0 fully saturated rings. The number of hydrogen-bond acceptors (Lipinski definition) is 3. The van der Waals surface area contributed by atoms with Crippen LogP contribution >= 0.6 is 23.2 Å². The fourth-order valence-corrected chi connectivity index (χ4v) is 3.30. The van der Waals surface area contributed by atoms with Gasteiger partial charge in [0, 0.05) is 22.7 Å². The molecule has 0 heterocycles. The topological polar surface area (TPSA) is 63.2 Å². The molecule has 4 nitrogen and oxygen atoms in total. The fourth-order valence-electron chi connectivity index (χ4n) is 1.21. The molecular weight excluding hydrogens is 285 g/mol. The number of sulfone groups is 1. The van der Waals surface area contributed by atoms with Crippen LogP contribution in [0.15, 0.2) is 18.2 Å². The highest BCUT2D eigenvalue weighted by atomic mass is 35.5. The molecule has 7 heteroatoms. The number of carbonyl (C=O) groups excluding carboxylic acids is 1. The molecule has 0 aliphatic heterocycles. The van der Waals surface area contributed by atoms with Gasteiger partial charge in [-0.15, -0.1) is 0 Å². The summed E-state index contributed by atoms with van der Waals surface area (Å²) < 4.78 is 23.4. The van der Waals surface area contributed by atoms with E-state index in [-0.39, 0.29) is 15.8 Å². The van der Waals surface area contributed by atoms with Crippen LogP contribution in [0.1, 0.15) is 5.56 Å². The van der Waals surface area contributed by atoms with Gasteiger partial charge in [-0.2, -0.15) is 0 Å². The summed E-state index contributed by atoms with van der Waals surface area (Å²) in [5.41, 5.74) is 0.319. The van der Waals surface area contributed by atoms with Crippen molar-refractivity contribution in [2.45, 2.75) is 5.75 Å². The van der Waals surface area contributed by atoms with Crippen LogP contribution in [0.5, 0.6) is 0 Å². The summed E-state index contributed by atoms with van der Waals surface area (Å²) in [5.74, 6) is -1.49. The Labute approximate surface area is 110 Å². The predicted molar refractivity (Wildman–Crippen MR) is 68.0 cm³/mol. The van der Waals surface area contributed by atoms with Gasteiger partial charge in [0.05, 0.1) is 5.75 Å². The Kier molecular flexibility index (Phi) is 4.80. The van der Waals surface area contributed by atoms with Gasteiger partial charge < -0.3 is 5.32 Å². The summed E-state index contributed by atoms with van der Waals surface area (Å²) in [6, 6.07) is 4.73. The van der Waals surface area contributed by atoms with E-state index in [1.54, 1.807) is 18.2 Å². The Morgan fingerprint density at radius 3 is 2.29 bits per heavy atom. The molecule has 0 aliphatic rings. The maximum atomic E-state index is 11.7. The van der Waals surface area contributed by atoms with Crippen LogP contribution in [0.4, 0.5) is 0 Å². The van der Waals surface area contributed by atoms with Gasteiger partial charge >= 0.3 is 0 Å². The molecule has 1 N–H and O–H groups in total. The van der Waals surface area contributed by atoms with E-state index in [1.165, 1.54) is 7.05 Å². The Balaban J connectivity index is 2.95. The number of nitrogens with one attached hydrogen (secondary N) is 1. The summed E-state index contributed by atoms with van der Waals surface area (Å²) in [6.07, 6.45) is 0. The summed E-state index contributed by atoms with van der Waals surface area (Å²) in [7, 11) is -2.20. The Morgan fingerprint density at radius 1 is 1.29 bits per heavy atom. The van der Waals surface area contributed by atoms with Crippen molar-refractivity contribution < 1.29 is 13.2 Å².